The summed E-state index contributed by atoms with van der Waals surface area (Å²) in [6.07, 6.45) is 2.80. The molecule has 3 atom stereocenters. The van der Waals surface area contributed by atoms with Crippen molar-refractivity contribution < 1.29 is 0 Å². The van der Waals surface area contributed by atoms with Crippen LogP contribution in [0.1, 0.15) is 19.8 Å². The molecule has 0 radical (unpaired) electrons. The van der Waals surface area contributed by atoms with Gasteiger partial charge in [0.2, 0.25) is 0 Å². The molecule has 0 saturated heterocycles. The molecule has 0 bridgehead atoms. The summed E-state index contributed by atoms with van der Waals surface area (Å²) in [5.74, 6) is 0.977. The molecule has 2 rings (SSSR count). The fourth-order valence-corrected chi connectivity index (χ4v) is 2.65. The van der Waals surface area contributed by atoms with E-state index in [0.717, 1.165) is 11.2 Å². The van der Waals surface area contributed by atoms with Crippen LogP contribution in [0.4, 0.5) is 0 Å². The standard InChI is InChI=1S/C6H11BS/c1-5(8)3-6(5)2-4(6)7/h4,8H,2-3,7H2,1H3. The number of hydrogen-bond donors (Lipinski definition) is 1. The van der Waals surface area contributed by atoms with Crippen LogP contribution in [0.25, 0.3) is 0 Å². The van der Waals surface area contributed by atoms with E-state index in [1.54, 1.807) is 0 Å². The van der Waals surface area contributed by atoms with Crippen LogP contribution in [-0.4, -0.2) is 12.6 Å². The van der Waals surface area contributed by atoms with Gasteiger partial charge in [0, 0.05) is 4.75 Å². The van der Waals surface area contributed by atoms with Crippen LogP contribution in [0.2, 0.25) is 5.82 Å². The molecular weight excluding hydrogens is 115 g/mol. The van der Waals surface area contributed by atoms with Crippen molar-refractivity contribution in [2.45, 2.75) is 30.3 Å². The Morgan fingerprint density at radius 1 is 1.75 bits per heavy atom. The fourth-order valence-electron chi connectivity index (χ4n) is 2.05. The maximum atomic E-state index is 4.54. The van der Waals surface area contributed by atoms with Crippen molar-refractivity contribution in [3.05, 3.63) is 0 Å². The summed E-state index contributed by atoms with van der Waals surface area (Å²) in [6, 6.07) is 0. The van der Waals surface area contributed by atoms with Crippen LogP contribution in [0, 0.1) is 5.41 Å². The predicted molar refractivity (Wildman–Crippen MR) is 41.4 cm³/mol. The predicted octanol–water partition coefficient (Wildman–Crippen LogP) is 0.890. The van der Waals surface area contributed by atoms with E-state index in [9.17, 15) is 0 Å². The highest BCUT2D eigenvalue weighted by Gasteiger charge is 2.73. The van der Waals surface area contributed by atoms with Gasteiger partial charge in [-0.3, -0.25) is 0 Å². The molecule has 0 heterocycles. The van der Waals surface area contributed by atoms with Gasteiger partial charge in [0.25, 0.3) is 0 Å². The smallest absolute Gasteiger partial charge is 0.106 e. The van der Waals surface area contributed by atoms with Crippen LogP contribution in [0.3, 0.4) is 0 Å². The van der Waals surface area contributed by atoms with Gasteiger partial charge in [0.15, 0.2) is 0 Å². The first-order valence-corrected chi connectivity index (χ1v) is 3.76. The molecule has 2 heteroatoms. The van der Waals surface area contributed by atoms with E-state index in [4.69, 9.17) is 0 Å². The van der Waals surface area contributed by atoms with Gasteiger partial charge in [-0.05, 0) is 11.8 Å². The van der Waals surface area contributed by atoms with Crippen LogP contribution in [0.15, 0.2) is 0 Å². The van der Waals surface area contributed by atoms with Gasteiger partial charge in [0.05, 0.1) is 0 Å². The highest BCUT2D eigenvalue weighted by Crippen LogP contribution is 2.81. The molecule has 44 valence electrons. The van der Waals surface area contributed by atoms with Crippen LogP contribution < -0.4 is 0 Å². The van der Waals surface area contributed by atoms with E-state index in [1.165, 1.54) is 12.8 Å². The quantitative estimate of drug-likeness (QED) is 0.361. The Morgan fingerprint density at radius 3 is 2.12 bits per heavy atom. The molecule has 0 aromatic rings. The van der Waals surface area contributed by atoms with Crippen molar-refractivity contribution in [1.29, 1.82) is 0 Å². The minimum Gasteiger partial charge on any atom is -0.172 e. The van der Waals surface area contributed by atoms with E-state index in [2.05, 4.69) is 27.4 Å². The molecule has 0 aromatic heterocycles. The molecule has 0 amide bonds. The fraction of sp³-hybridized carbons (Fsp3) is 1.00. The maximum Gasteiger partial charge on any atom is 0.106 e. The van der Waals surface area contributed by atoms with E-state index >= 15 is 0 Å². The lowest BCUT2D eigenvalue weighted by molar-refractivity contribution is 0.813. The Morgan fingerprint density at radius 2 is 2.12 bits per heavy atom. The lowest BCUT2D eigenvalue weighted by atomic mass is 9.98. The highest BCUT2D eigenvalue weighted by molar-refractivity contribution is 7.82. The van der Waals surface area contributed by atoms with Gasteiger partial charge in [0.1, 0.15) is 7.85 Å². The Hall–Kier alpha value is 0.415. The average molecular weight is 126 g/mol. The van der Waals surface area contributed by atoms with Crippen molar-refractivity contribution in [2.75, 3.05) is 0 Å². The Kier molecular flexibility index (Phi) is 0.656. The van der Waals surface area contributed by atoms with Crippen LogP contribution >= 0.6 is 12.6 Å². The zero-order valence-corrected chi connectivity index (χ0v) is 6.33. The molecule has 0 N–H and O–H groups in total. The molecular formula is C6H11BS. The lowest BCUT2D eigenvalue weighted by Gasteiger charge is -1.95. The third-order valence-corrected chi connectivity index (χ3v) is 3.66. The molecule has 0 aliphatic heterocycles. The molecule has 0 aromatic carbocycles. The highest BCUT2D eigenvalue weighted by atomic mass is 32.1. The normalized spacial score (nSPS) is 68.5. The molecule has 0 nitrogen and oxygen atoms in total. The lowest BCUT2D eigenvalue weighted by Crippen LogP contribution is -1.93. The molecule has 3 unspecified atom stereocenters. The monoisotopic (exact) mass is 126 g/mol. The van der Waals surface area contributed by atoms with Gasteiger partial charge in [-0.15, -0.1) is 0 Å². The Bertz CT molecular complexity index is 143. The molecule has 8 heavy (non-hydrogen) atoms. The van der Waals surface area contributed by atoms with Crippen molar-refractivity contribution in [3.8, 4) is 0 Å². The zero-order chi connectivity index (χ0) is 5.99. The first-order chi connectivity index (χ1) is 3.58. The summed E-state index contributed by atoms with van der Waals surface area (Å²) in [7, 11) is 2.33. The second-order valence-corrected chi connectivity index (χ2v) is 4.70. The number of hydrogen-bond acceptors (Lipinski definition) is 1. The van der Waals surface area contributed by atoms with Gasteiger partial charge >= 0.3 is 0 Å². The Labute approximate surface area is 56.9 Å². The Balaban J connectivity index is 2.17. The number of rotatable bonds is 0. The van der Waals surface area contributed by atoms with E-state index in [0.29, 0.717) is 4.75 Å². The van der Waals surface area contributed by atoms with Gasteiger partial charge in [-0.2, -0.15) is 12.6 Å². The molecule has 2 aliphatic carbocycles. The first kappa shape index (κ1) is 5.22. The maximum absolute atomic E-state index is 4.54. The minimum atomic E-state index is 0.423. The minimum absolute atomic E-state index is 0.423. The largest absolute Gasteiger partial charge is 0.172 e. The van der Waals surface area contributed by atoms with E-state index < -0.39 is 0 Å². The second-order valence-electron chi connectivity index (χ2n) is 3.71. The van der Waals surface area contributed by atoms with Gasteiger partial charge < -0.3 is 0 Å². The summed E-state index contributed by atoms with van der Waals surface area (Å²) in [6.45, 7) is 2.26. The molecule has 1 spiro atoms. The van der Waals surface area contributed by atoms with E-state index in [1.807, 2.05) is 0 Å². The second kappa shape index (κ2) is 1.01. The SMILES string of the molecule is BC1CC12CC2(C)S. The third-order valence-electron chi connectivity index (χ3n) is 3.06. The third kappa shape index (κ3) is 0.374. The summed E-state index contributed by atoms with van der Waals surface area (Å²) in [5.41, 5.74) is 0.718. The summed E-state index contributed by atoms with van der Waals surface area (Å²) < 4.78 is 0.423. The molecule has 2 fully saturated rings. The van der Waals surface area contributed by atoms with E-state index in [-0.39, 0.29) is 0 Å². The molecule has 2 saturated carbocycles. The zero-order valence-electron chi connectivity index (χ0n) is 5.44. The summed E-state index contributed by atoms with van der Waals surface area (Å²) >= 11 is 4.54. The van der Waals surface area contributed by atoms with Crippen LogP contribution in [-0.2, 0) is 0 Å². The topological polar surface area (TPSA) is 0 Å². The van der Waals surface area contributed by atoms with Gasteiger partial charge in [-0.1, -0.05) is 19.2 Å². The summed E-state index contributed by atoms with van der Waals surface area (Å²) in [5, 5.41) is 0. The van der Waals surface area contributed by atoms with Gasteiger partial charge in [-0.25, -0.2) is 0 Å². The van der Waals surface area contributed by atoms with Crippen molar-refractivity contribution >= 4 is 20.5 Å². The van der Waals surface area contributed by atoms with Crippen molar-refractivity contribution in [3.63, 3.8) is 0 Å². The van der Waals surface area contributed by atoms with Crippen molar-refractivity contribution in [2.24, 2.45) is 5.41 Å². The molecule has 2 aliphatic rings. The van der Waals surface area contributed by atoms with Crippen molar-refractivity contribution in [1.82, 2.24) is 0 Å². The summed E-state index contributed by atoms with van der Waals surface area (Å²) in [4.78, 5) is 0. The van der Waals surface area contributed by atoms with Crippen LogP contribution in [0.5, 0.6) is 0 Å². The number of thiol groups is 1. The average Bonchev–Trinajstić information content (AvgIpc) is 2.24. The first-order valence-electron chi connectivity index (χ1n) is 3.31.